The van der Waals surface area contributed by atoms with Crippen LogP contribution in [0.3, 0.4) is 0 Å². The molecule has 0 aliphatic carbocycles. The quantitative estimate of drug-likeness (QED) is 0.670. The minimum atomic E-state index is 0.514. The zero-order valence-corrected chi connectivity index (χ0v) is 14.0. The third-order valence-electron chi connectivity index (χ3n) is 3.81. The molecule has 0 amide bonds. The average molecular weight is 354 g/mol. The summed E-state index contributed by atoms with van der Waals surface area (Å²) in [6, 6.07) is 16.5. The maximum atomic E-state index is 9.65. The molecule has 1 aliphatic rings. The number of fused-ring (bicyclic) bond motifs is 2. The number of halogens is 1. The van der Waals surface area contributed by atoms with Crippen molar-refractivity contribution in [2.45, 2.75) is 26.4 Å². The van der Waals surface area contributed by atoms with Crippen molar-refractivity contribution in [2.24, 2.45) is 0 Å². The van der Waals surface area contributed by atoms with E-state index in [2.05, 4.69) is 41.1 Å². The summed E-state index contributed by atoms with van der Waals surface area (Å²) < 4.78 is 6.99. The van der Waals surface area contributed by atoms with Gasteiger partial charge in [-0.2, -0.15) is 5.26 Å². The summed E-state index contributed by atoms with van der Waals surface area (Å²) in [5.41, 5.74) is 5.04. The van der Waals surface area contributed by atoms with Crippen LogP contribution in [0.15, 0.2) is 52.5 Å². The van der Waals surface area contributed by atoms with Crippen molar-refractivity contribution in [1.82, 2.24) is 0 Å². The number of para-hydroxylation sites is 1. The summed E-state index contributed by atoms with van der Waals surface area (Å²) in [5, 5.41) is 9.65. The van der Waals surface area contributed by atoms with Crippen LogP contribution in [0.25, 0.3) is 5.57 Å². The molecule has 0 N–H and O–H groups in total. The summed E-state index contributed by atoms with van der Waals surface area (Å²) in [5.74, 6) is 0.841. The fourth-order valence-corrected chi connectivity index (χ4v) is 3.25. The molecular formula is C19H16BrNO. The minimum Gasteiger partial charge on any atom is -0.488 e. The highest BCUT2D eigenvalue weighted by atomic mass is 79.9. The Kier molecular flexibility index (Phi) is 4.31. The monoisotopic (exact) mass is 353 g/mol. The molecule has 0 spiro atoms. The van der Waals surface area contributed by atoms with Gasteiger partial charge >= 0.3 is 0 Å². The van der Waals surface area contributed by atoms with Crippen LogP contribution in [0.5, 0.6) is 5.75 Å². The average Bonchev–Trinajstić information content (AvgIpc) is 2.69. The number of rotatable bonds is 2. The van der Waals surface area contributed by atoms with Crippen LogP contribution in [-0.2, 0) is 6.61 Å². The van der Waals surface area contributed by atoms with E-state index < -0.39 is 0 Å². The van der Waals surface area contributed by atoms with Crippen LogP contribution in [-0.4, -0.2) is 0 Å². The molecule has 0 saturated carbocycles. The first-order chi connectivity index (χ1) is 10.7. The molecule has 110 valence electrons. The fraction of sp³-hybridized carbons (Fsp3) is 0.211. The molecule has 3 heteroatoms. The molecule has 2 aromatic rings. The Morgan fingerprint density at radius 3 is 2.82 bits per heavy atom. The molecule has 0 fully saturated rings. The van der Waals surface area contributed by atoms with Crippen LogP contribution in [0.4, 0.5) is 0 Å². The van der Waals surface area contributed by atoms with E-state index in [9.17, 15) is 5.26 Å². The van der Waals surface area contributed by atoms with Crippen molar-refractivity contribution in [3.8, 4) is 11.8 Å². The van der Waals surface area contributed by atoms with Gasteiger partial charge in [-0.25, -0.2) is 0 Å². The summed E-state index contributed by atoms with van der Waals surface area (Å²) in [6.45, 7) is 2.61. The Hall–Kier alpha value is -2.05. The zero-order chi connectivity index (χ0) is 15.5. The highest BCUT2D eigenvalue weighted by molar-refractivity contribution is 9.10. The van der Waals surface area contributed by atoms with E-state index in [4.69, 9.17) is 4.74 Å². The van der Waals surface area contributed by atoms with Crippen LogP contribution in [0.1, 0.15) is 36.5 Å². The lowest BCUT2D eigenvalue weighted by Crippen LogP contribution is -1.97. The van der Waals surface area contributed by atoms with Gasteiger partial charge in [-0.05, 0) is 35.7 Å². The smallest absolute Gasteiger partial charge is 0.127 e. The summed E-state index contributed by atoms with van der Waals surface area (Å²) in [6.07, 6.45) is 1.72. The highest BCUT2D eigenvalue weighted by Crippen LogP contribution is 2.39. The topological polar surface area (TPSA) is 33.0 Å². The van der Waals surface area contributed by atoms with Gasteiger partial charge in [-0.3, -0.25) is 0 Å². The Morgan fingerprint density at radius 1 is 1.23 bits per heavy atom. The van der Waals surface area contributed by atoms with E-state index in [1.54, 1.807) is 0 Å². The van der Waals surface area contributed by atoms with Gasteiger partial charge in [0.1, 0.15) is 12.4 Å². The predicted molar refractivity (Wildman–Crippen MR) is 91.5 cm³/mol. The molecular weight excluding hydrogens is 338 g/mol. The van der Waals surface area contributed by atoms with E-state index in [0.29, 0.717) is 6.61 Å². The van der Waals surface area contributed by atoms with E-state index in [1.807, 2.05) is 30.3 Å². The summed E-state index contributed by atoms with van der Waals surface area (Å²) in [4.78, 5) is 0. The van der Waals surface area contributed by atoms with Crippen LogP contribution >= 0.6 is 15.9 Å². The number of nitriles is 1. The SMILES string of the molecule is CCC/C(C#N)=C1/c2ccc(Br)cc2COc2ccccc21. The first-order valence-electron chi connectivity index (χ1n) is 7.38. The Bertz CT molecular complexity index is 786. The second-order valence-electron chi connectivity index (χ2n) is 5.30. The Morgan fingerprint density at radius 2 is 2.05 bits per heavy atom. The number of hydrogen-bond donors (Lipinski definition) is 0. The molecule has 1 aliphatic heterocycles. The Balaban J connectivity index is 2.33. The number of nitrogens with zero attached hydrogens (tertiary/aromatic N) is 1. The fourth-order valence-electron chi connectivity index (χ4n) is 2.84. The third-order valence-corrected chi connectivity index (χ3v) is 4.31. The van der Waals surface area contributed by atoms with Crippen molar-refractivity contribution in [3.63, 3.8) is 0 Å². The normalized spacial score (nSPS) is 15.0. The van der Waals surface area contributed by atoms with E-state index in [0.717, 1.165) is 50.9 Å². The second-order valence-corrected chi connectivity index (χ2v) is 6.22. The molecule has 0 unspecified atom stereocenters. The van der Waals surface area contributed by atoms with Gasteiger partial charge in [-0.15, -0.1) is 0 Å². The number of hydrogen-bond acceptors (Lipinski definition) is 2. The van der Waals surface area contributed by atoms with Gasteiger partial charge in [0, 0.05) is 21.2 Å². The van der Waals surface area contributed by atoms with Gasteiger partial charge < -0.3 is 4.74 Å². The van der Waals surface area contributed by atoms with Crippen LogP contribution in [0.2, 0.25) is 0 Å². The third kappa shape index (κ3) is 2.67. The number of ether oxygens (including phenoxy) is 1. The first kappa shape index (κ1) is 14.9. The van der Waals surface area contributed by atoms with Gasteiger partial charge in [0.15, 0.2) is 0 Å². The number of benzene rings is 2. The standard InChI is InChI=1S/C19H16BrNO/c1-2-5-13(11-21)19-16-9-8-15(20)10-14(16)12-22-18-7-4-3-6-17(18)19/h3-4,6-10H,2,5,12H2,1H3/b19-13+. The lowest BCUT2D eigenvalue weighted by Gasteiger charge is -2.13. The van der Waals surface area contributed by atoms with Gasteiger partial charge in [0.05, 0.1) is 6.07 Å². The van der Waals surface area contributed by atoms with Crippen molar-refractivity contribution < 1.29 is 4.74 Å². The molecule has 2 aromatic carbocycles. The van der Waals surface area contributed by atoms with Crippen LogP contribution in [0, 0.1) is 11.3 Å². The minimum absolute atomic E-state index is 0.514. The van der Waals surface area contributed by atoms with E-state index in [-0.39, 0.29) is 0 Å². The van der Waals surface area contributed by atoms with Gasteiger partial charge in [0.25, 0.3) is 0 Å². The van der Waals surface area contributed by atoms with Crippen molar-refractivity contribution >= 4 is 21.5 Å². The van der Waals surface area contributed by atoms with Crippen molar-refractivity contribution in [3.05, 3.63) is 69.2 Å². The van der Waals surface area contributed by atoms with Crippen LogP contribution < -0.4 is 4.74 Å². The summed E-state index contributed by atoms with van der Waals surface area (Å²) in [7, 11) is 0. The lowest BCUT2D eigenvalue weighted by molar-refractivity contribution is 0.307. The van der Waals surface area contributed by atoms with Crippen molar-refractivity contribution in [2.75, 3.05) is 0 Å². The molecule has 1 heterocycles. The molecule has 0 atom stereocenters. The van der Waals surface area contributed by atoms with Gasteiger partial charge in [-0.1, -0.05) is 53.5 Å². The second kappa shape index (κ2) is 6.37. The summed E-state index contributed by atoms with van der Waals surface area (Å²) >= 11 is 3.52. The molecule has 2 nitrogen and oxygen atoms in total. The van der Waals surface area contributed by atoms with E-state index >= 15 is 0 Å². The molecule has 0 aromatic heterocycles. The molecule has 3 rings (SSSR count). The predicted octanol–water partition coefficient (Wildman–Crippen LogP) is 5.47. The Labute approximate surface area is 139 Å². The molecule has 22 heavy (non-hydrogen) atoms. The maximum Gasteiger partial charge on any atom is 0.127 e. The van der Waals surface area contributed by atoms with Gasteiger partial charge in [0.2, 0.25) is 0 Å². The molecule has 0 radical (unpaired) electrons. The first-order valence-corrected chi connectivity index (χ1v) is 8.18. The zero-order valence-electron chi connectivity index (χ0n) is 12.4. The van der Waals surface area contributed by atoms with E-state index in [1.165, 1.54) is 0 Å². The maximum absolute atomic E-state index is 9.65. The van der Waals surface area contributed by atoms with Crippen molar-refractivity contribution in [1.29, 1.82) is 5.26 Å². The largest absolute Gasteiger partial charge is 0.488 e. The number of allylic oxidation sites excluding steroid dienone is 1. The molecule has 0 saturated heterocycles. The highest BCUT2D eigenvalue weighted by Gasteiger charge is 2.22. The lowest BCUT2D eigenvalue weighted by atomic mass is 9.89. The molecule has 0 bridgehead atoms.